The van der Waals surface area contributed by atoms with Crippen molar-refractivity contribution in [3.05, 3.63) is 68.7 Å². The predicted molar refractivity (Wildman–Crippen MR) is 137 cm³/mol. The van der Waals surface area contributed by atoms with E-state index in [-0.39, 0.29) is 0 Å². The van der Waals surface area contributed by atoms with Gasteiger partial charge in [0.2, 0.25) is 0 Å². The van der Waals surface area contributed by atoms with Crippen molar-refractivity contribution < 1.29 is 43.5 Å². The summed E-state index contributed by atoms with van der Waals surface area (Å²) in [6.45, 7) is 12.6. The van der Waals surface area contributed by atoms with Gasteiger partial charge in [-0.25, -0.2) is 16.5 Å². The first kappa shape index (κ1) is 39.0. The summed E-state index contributed by atoms with van der Waals surface area (Å²) in [4.78, 5) is 12.6. The zero-order valence-corrected chi connectivity index (χ0v) is 24.2. The number of anilines is 2. The van der Waals surface area contributed by atoms with Gasteiger partial charge >= 0.3 is 42.6 Å². The van der Waals surface area contributed by atoms with Gasteiger partial charge < -0.3 is 31.9 Å². The summed E-state index contributed by atoms with van der Waals surface area (Å²) in [5.74, 6) is 1.81. The second-order valence-electron chi connectivity index (χ2n) is 6.37. The van der Waals surface area contributed by atoms with E-state index in [0.717, 1.165) is 17.9 Å². The quantitative estimate of drug-likeness (QED) is 0.150. The Bertz CT molecular complexity index is 920. The molecule has 0 saturated carbocycles. The molecule has 0 saturated heterocycles. The number of alkyl halides is 3. The summed E-state index contributed by atoms with van der Waals surface area (Å²) in [6.07, 6.45) is 10.2. The molecule has 213 valence electrons. The van der Waals surface area contributed by atoms with Crippen LogP contribution in [-0.4, -0.2) is 53.6 Å². The number of hydrogen-bond acceptors (Lipinski definition) is 8. The van der Waals surface area contributed by atoms with Gasteiger partial charge in [0.05, 0.1) is 0 Å². The van der Waals surface area contributed by atoms with E-state index in [1.54, 1.807) is 6.92 Å². The number of nitrogens with zero attached hydrogens (tertiary/aromatic N) is 7. The Morgan fingerprint density at radius 2 is 1.41 bits per heavy atom. The molecule has 3 heterocycles. The van der Waals surface area contributed by atoms with Gasteiger partial charge in [0.25, 0.3) is 0 Å². The van der Waals surface area contributed by atoms with Crippen molar-refractivity contribution in [3.63, 3.8) is 0 Å². The van der Waals surface area contributed by atoms with Gasteiger partial charge in [-0.2, -0.15) is 21.6 Å². The molecule has 1 N–H and O–H groups in total. The maximum absolute atomic E-state index is 10.7. The molecular weight excluding hydrogens is 624 g/mol. The van der Waals surface area contributed by atoms with Crippen molar-refractivity contribution >= 4 is 37.7 Å². The molecule has 1 aromatic rings. The average molecular weight is 654 g/mol. The molecule has 0 amide bonds. The van der Waals surface area contributed by atoms with Crippen LogP contribution in [0.2, 0.25) is 0 Å². The molecule has 37 heavy (non-hydrogen) atoms. The zero-order chi connectivity index (χ0) is 29.7. The molecule has 0 spiro atoms. The van der Waals surface area contributed by atoms with E-state index in [2.05, 4.69) is 35.4 Å². The van der Waals surface area contributed by atoms with Crippen molar-refractivity contribution in [3.8, 4) is 6.07 Å². The third-order valence-corrected chi connectivity index (χ3v) is 3.66. The Kier molecular flexibility index (Phi) is 22.7. The van der Waals surface area contributed by atoms with E-state index in [1.807, 2.05) is 107 Å². The molecular formula is C21H30ClF3N7O3RuS-4. The number of hydrogen-bond donors (Lipinski definition) is 1. The fourth-order valence-electron chi connectivity index (χ4n) is 1.87. The van der Waals surface area contributed by atoms with Gasteiger partial charge in [-0.1, -0.05) is 33.3 Å². The first-order valence-electron chi connectivity index (χ1n) is 10.0. The standard InChI is InChI=1S/C13H15N5.C3H8.C2H4N.C2H2N.CHF3O3S.ClH.Ru/c1-15-6-8-17(10-15)12-4-3-5-13(14-12)18-9-7-16(2)11-18;1-3-2;2*1-2-3;2-1(3,4)8(5,6)7;;/h3-11H,1-2H3;3H2,1-2H3;2H,1H3;1H2;(H,5,6,7);1H;/q-2;;2*-1;;;+1/p-1. The second kappa shape index (κ2) is 21.5. The molecule has 0 atom stereocenters. The van der Waals surface area contributed by atoms with Crippen molar-refractivity contribution in [2.75, 3.05) is 23.9 Å². The minimum atomic E-state index is -5.84. The normalized spacial score (nSPS) is 13.1. The Hall–Kier alpha value is -2.53. The molecule has 2 aliphatic rings. The SMILES string of the molecule is CC=[N-].CCC.CN1C=CN(c2cccc(N3C=CN(C)[CH-]3)n2)[CH-]1.O=S(=O)(O)C(F)(F)F.[CH2-]C#N.[Cl][Ru]. The fraction of sp³-hybridized carbons (Fsp3) is 0.333. The molecule has 2 aliphatic heterocycles. The summed E-state index contributed by atoms with van der Waals surface area (Å²) in [7, 11) is 2.71. The van der Waals surface area contributed by atoms with Crippen LogP contribution < -0.4 is 9.80 Å². The monoisotopic (exact) mass is 654 g/mol. The molecule has 1 aromatic heterocycles. The summed E-state index contributed by atoms with van der Waals surface area (Å²) in [5.41, 5.74) is -5.53. The van der Waals surface area contributed by atoms with Crippen LogP contribution in [0.15, 0.2) is 43.0 Å². The van der Waals surface area contributed by atoms with Crippen molar-refractivity contribution in [2.45, 2.75) is 32.7 Å². The van der Waals surface area contributed by atoms with E-state index >= 15 is 0 Å². The number of pyridine rings is 1. The first-order valence-corrected chi connectivity index (χ1v) is 13.7. The van der Waals surface area contributed by atoms with Gasteiger partial charge in [0.1, 0.15) is 11.6 Å². The average Bonchev–Trinajstić information content (AvgIpc) is 3.44. The minimum absolute atomic E-state index is 0.907. The molecule has 16 heteroatoms. The van der Waals surface area contributed by atoms with E-state index in [4.69, 9.17) is 23.6 Å². The van der Waals surface area contributed by atoms with Crippen LogP contribution in [0.1, 0.15) is 27.2 Å². The third-order valence-electron chi connectivity index (χ3n) is 3.08. The third kappa shape index (κ3) is 18.4. The van der Waals surface area contributed by atoms with E-state index in [0.29, 0.717) is 0 Å². The van der Waals surface area contributed by atoms with Crippen LogP contribution in [-0.2, 0) is 27.4 Å². The Morgan fingerprint density at radius 3 is 1.59 bits per heavy atom. The van der Waals surface area contributed by atoms with Gasteiger partial charge in [0, 0.05) is 0 Å². The molecule has 0 bridgehead atoms. The fourth-order valence-corrected chi connectivity index (χ4v) is 1.87. The number of nitriles is 1. The molecule has 0 aromatic carbocycles. The second-order valence-corrected chi connectivity index (χ2v) is 7.78. The number of aromatic nitrogens is 1. The van der Waals surface area contributed by atoms with Gasteiger partial charge in [0.15, 0.2) is 0 Å². The van der Waals surface area contributed by atoms with Gasteiger partial charge in [-0.3, -0.25) is 4.55 Å². The van der Waals surface area contributed by atoms with Crippen molar-refractivity contribution in [2.24, 2.45) is 0 Å². The van der Waals surface area contributed by atoms with Crippen LogP contribution in [0.4, 0.5) is 24.8 Å². The Morgan fingerprint density at radius 1 is 1.14 bits per heavy atom. The molecule has 0 fully saturated rings. The molecule has 0 unspecified atom stereocenters. The first-order chi connectivity index (χ1) is 17.2. The number of halogens is 4. The molecule has 3 rings (SSSR count). The zero-order valence-electron chi connectivity index (χ0n) is 20.9. The van der Waals surface area contributed by atoms with E-state index < -0.39 is 15.6 Å². The number of rotatable bonds is 2. The van der Waals surface area contributed by atoms with Gasteiger partial charge in [-0.15, -0.1) is 19.4 Å². The van der Waals surface area contributed by atoms with Crippen LogP contribution in [0.5, 0.6) is 0 Å². The van der Waals surface area contributed by atoms with E-state index in [9.17, 15) is 13.2 Å². The Labute approximate surface area is 232 Å². The summed E-state index contributed by atoms with van der Waals surface area (Å²) in [5, 5.41) is 14.7. The van der Waals surface area contributed by atoms with Crippen LogP contribution >= 0.6 is 9.69 Å². The van der Waals surface area contributed by atoms with Gasteiger partial charge in [-0.05, 0) is 51.0 Å². The molecule has 0 aliphatic carbocycles. The van der Waals surface area contributed by atoms with Crippen LogP contribution in [0, 0.1) is 31.6 Å². The maximum atomic E-state index is 10.7. The molecule has 10 nitrogen and oxygen atoms in total. The van der Waals surface area contributed by atoms with Crippen LogP contribution in [0.3, 0.4) is 0 Å². The summed E-state index contributed by atoms with van der Waals surface area (Å²) >= 11 is 1.82. The topological polar surface area (TPSA) is 126 Å². The summed E-state index contributed by atoms with van der Waals surface area (Å²) in [6, 6.07) is 7.50. The van der Waals surface area contributed by atoms with Crippen molar-refractivity contribution in [1.29, 1.82) is 5.26 Å². The van der Waals surface area contributed by atoms with Crippen molar-refractivity contribution in [1.82, 2.24) is 14.8 Å². The van der Waals surface area contributed by atoms with E-state index in [1.165, 1.54) is 12.5 Å². The molecule has 0 radical (unpaired) electrons. The predicted octanol–water partition coefficient (Wildman–Crippen LogP) is 5.25. The van der Waals surface area contributed by atoms with Crippen LogP contribution in [0.25, 0.3) is 5.41 Å². The summed E-state index contributed by atoms with van der Waals surface area (Å²) < 4.78 is 57.5. The Balaban J connectivity index is -0.000000510.